The first-order valence-corrected chi connectivity index (χ1v) is 29.1. The average molecular weight is 961 g/mol. The topological polar surface area (TPSA) is 114 Å². The molecule has 1 N–H and O–H groups in total. The molecule has 0 saturated carbocycles. The van der Waals surface area contributed by atoms with E-state index >= 15 is 0 Å². The van der Waals surface area contributed by atoms with E-state index in [-0.39, 0.29) is 31.3 Å². The van der Waals surface area contributed by atoms with E-state index in [2.05, 4.69) is 74.7 Å². The summed E-state index contributed by atoms with van der Waals surface area (Å²) in [5, 5.41) is 3.00. The molecule has 390 valence electrons. The fourth-order valence-electron chi connectivity index (χ4n) is 7.69. The number of nitrogens with zero attached hydrogens (tertiary/aromatic N) is 1. The summed E-state index contributed by atoms with van der Waals surface area (Å²) < 4.78 is 30.2. The van der Waals surface area contributed by atoms with E-state index in [1.165, 1.54) is 116 Å². The van der Waals surface area contributed by atoms with Gasteiger partial charge in [-0.1, -0.05) is 217 Å². The van der Waals surface area contributed by atoms with Crippen LogP contribution >= 0.6 is 7.82 Å². The predicted octanol–water partition coefficient (Wildman–Crippen LogP) is 15.7. The second kappa shape index (κ2) is 47.4. The summed E-state index contributed by atoms with van der Waals surface area (Å²) in [5.74, 6) is -0.576. The summed E-state index contributed by atoms with van der Waals surface area (Å²) >= 11 is 0. The Hall–Kier alpha value is -2.29. The lowest BCUT2D eigenvalue weighted by Gasteiger charge is -2.30. The number of nitrogens with one attached hydrogen (secondary N) is 1. The van der Waals surface area contributed by atoms with Crippen LogP contribution in [0.25, 0.3) is 0 Å². The molecular formula is C57H105N2O7P. The summed E-state index contributed by atoms with van der Waals surface area (Å²) in [7, 11) is 1.16. The van der Waals surface area contributed by atoms with Crippen molar-refractivity contribution in [3.63, 3.8) is 0 Å². The molecule has 0 aliphatic carbocycles. The van der Waals surface area contributed by atoms with Gasteiger partial charge in [0.1, 0.15) is 19.3 Å². The van der Waals surface area contributed by atoms with E-state index in [0.29, 0.717) is 17.4 Å². The van der Waals surface area contributed by atoms with Crippen LogP contribution in [0.3, 0.4) is 0 Å². The number of allylic oxidation sites excluding steroid dienone is 9. The molecule has 0 aromatic rings. The zero-order valence-electron chi connectivity index (χ0n) is 44.3. The van der Waals surface area contributed by atoms with Crippen molar-refractivity contribution in [1.29, 1.82) is 0 Å². The number of hydrogen-bond donors (Lipinski definition) is 1. The van der Waals surface area contributed by atoms with Gasteiger partial charge in [0.2, 0.25) is 5.91 Å². The average Bonchev–Trinajstić information content (AvgIpc) is 3.28. The highest BCUT2D eigenvalue weighted by Crippen LogP contribution is 2.38. The molecule has 0 aliphatic rings. The van der Waals surface area contributed by atoms with Gasteiger partial charge in [-0.15, -0.1) is 0 Å². The van der Waals surface area contributed by atoms with Crippen molar-refractivity contribution in [2.75, 3.05) is 40.9 Å². The van der Waals surface area contributed by atoms with Gasteiger partial charge in [0, 0.05) is 12.8 Å². The number of unbranched alkanes of at least 4 members (excludes halogenated alkanes) is 25. The van der Waals surface area contributed by atoms with Gasteiger partial charge < -0.3 is 28.5 Å². The highest BCUT2D eigenvalue weighted by atomic mass is 31.2. The molecule has 67 heavy (non-hydrogen) atoms. The van der Waals surface area contributed by atoms with E-state index in [1.54, 1.807) is 0 Å². The normalized spacial score (nSPS) is 14.3. The third kappa shape index (κ3) is 48.5. The van der Waals surface area contributed by atoms with Gasteiger partial charge in [0.25, 0.3) is 7.82 Å². The van der Waals surface area contributed by atoms with Crippen LogP contribution < -0.4 is 10.2 Å². The van der Waals surface area contributed by atoms with Crippen LogP contribution in [0.1, 0.15) is 239 Å². The summed E-state index contributed by atoms with van der Waals surface area (Å²) in [6.45, 7) is 6.69. The molecule has 3 unspecified atom stereocenters. The number of esters is 1. The molecule has 0 rings (SSSR count). The quantitative estimate of drug-likeness (QED) is 0.0212. The molecule has 0 bridgehead atoms. The molecule has 0 aliphatic heterocycles. The maximum Gasteiger partial charge on any atom is 0.306 e. The Morgan fingerprint density at radius 1 is 0.537 bits per heavy atom. The summed E-state index contributed by atoms with van der Waals surface area (Å²) in [5.41, 5.74) is 0. The van der Waals surface area contributed by atoms with Gasteiger partial charge in [-0.3, -0.25) is 14.2 Å². The third-order valence-electron chi connectivity index (χ3n) is 12.0. The van der Waals surface area contributed by atoms with Crippen molar-refractivity contribution in [2.24, 2.45) is 0 Å². The number of hydrogen-bond acceptors (Lipinski definition) is 7. The van der Waals surface area contributed by atoms with Crippen molar-refractivity contribution in [1.82, 2.24) is 5.32 Å². The van der Waals surface area contributed by atoms with Gasteiger partial charge in [-0.2, -0.15) is 0 Å². The number of ether oxygens (including phenoxy) is 1. The summed E-state index contributed by atoms with van der Waals surface area (Å²) in [4.78, 5) is 39.7. The number of phosphoric ester groups is 1. The second-order valence-corrected chi connectivity index (χ2v) is 21.1. The van der Waals surface area contributed by atoms with Crippen molar-refractivity contribution in [2.45, 2.75) is 251 Å². The van der Waals surface area contributed by atoms with Gasteiger partial charge in [-0.05, 0) is 70.3 Å². The van der Waals surface area contributed by atoms with Gasteiger partial charge >= 0.3 is 5.97 Å². The van der Waals surface area contributed by atoms with Crippen LogP contribution in [0.5, 0.6) is 0 Å². The van der Waals surface area contributed by atoms with E-state index in [9.17, 15) is 19.0 Å². The first kappa shape index (κ1) is 64.7. The second-order valence-electron chi connectivity index (χ2n) is 19.7. The smallest absolute Gasteiger partial charge is 0.306 e. The number of quaternary nitrogens is 1. The van der Waals surface area contributed by atoms with E-state index in [1.807, 2.05) is 33.3 Å². The Bertz CT molecular complexity index is 1340. The Morgan fingerprint density at radius 2 is 0.955 bits per heavy atom. The largest absolute Gasteiger partial charge is 0.756 e. The minimum atomic E-state index is -4.70. The molecule has 10 heteroatoms. The SMILES string of the molecule is CC/C=C/C/C=C/C/C=C/C/C=C/CCCCCC(=O)NC(COP(=O)([O-])OCC[N+](C)(C)C)C(/C=C/CCCCCCCCCCCC)OC(=O)CCCCCCCCCCCCCCC. The molecular weight excluding hydrogens is 856 g/mol. The number of likely N-dealkylation sites (N-methyl/N-ethyl adjacent to an activating group) is 1. The van der Waals surface area contributed by atoms with E-state index < -0.39 is 26.6 Å². The Kier molecular flexibility index (Phi) is 45.8. The minimum Gasteiger partial charge on any atom is -0.756 e. The molecule has 0 aromatic carbocycles. The maximum absolute atomic E-state index is 13.4. The zero-order valence-corrected chi connectivity index (χ0v) is 45.2. The molecule has 0 fully saturated rings. The lowest BCUT2D eigenvalue weighted by molar-refractivity contribution is -0.870. The molecule has 3 atom stereocenters. The number of carbonyl (C=O) groups excluding carboxylic acids is 2. The fraction of sp³-hybridized carbons (Fsp3) is 0.789. The third-order valence-corrected chi connectivity index (χ3v) is 12.9. The van der Waals surface area contributed by atoms with Gasteiger partial charge in [-0.25, -0.2) is 0 Å². The van der Waals surface area contributed by atoms with Crippen molar-refractivity contribution in [3.05, 3.63) is 60.8 Å². The summed E-state index contributed by atoms with van der Waals surface area (Å²) in [6, 6.07) is -0.902. The highest BCUT2D eigenvalue weighted by Gasteiger charge is 2.27. The summed E-state index contributed by atoms with van der Waals surface area (Å²) in [6.07, 6.45) is 57.5. The molecule has 0 spiro atoms. The van der Waals surface area contributed by atoms with E-state index in [4.69, 9.17) is 13.8 Å². The van der Waals surface area contributed by atoms with E-state index in [0.717, 1.165) is 83.5 Å². The number of rotatable bonds is 49. The maximum atomic E-state index is 13.4. The number of carbonyl (C=O) groups is 2. The number of phosphoric acid groups is 1. The first-order valence-electron chi connectivity index (χ1n) is 27.6. The molecule has 9 nitrogen and oxygen atoms in total. The monoisotopic (exact) mass is 961 g/mol. The highest BCUT2D eigenvalue weighted by molar-refractivity contribution is 7.45. The Morgan fingerprint density at radius 3 is 1.45 bits per heavy atom. The first-order chi connectivity index (χ1) is 32.4. The predicted molar refractivity (Wildman–Crippen MR) is 284 cm³/mol. The van der Waals surface area contributed by atoms with Crippen molar-refractivity contribution in [3.8, 4) is 0 Å². The van der Waals surface area contributed by atoms with Crippen LogP contribution in [0.4, 0.5) is 0 Å². The molecule has 0 heterocycles. The van der Waals surface area contributed by atoms with Crippen LogP contribution in [-0.4, -0.2) is 69.4 Å². The van der Waals surface area contributed by atoms with Crippen molar-refractivity contribution >= 4 is 19.7 Å². The Balaban J connectivity index is 5.44. The molecule has 0 radical (unpaired) electrons. The van der Waals surface area contributed by atoms with Crippen LogP contribution in [0.2, 0.25) is 0 Å². The zero-order chi connectivity index (χ0) is 49.4. The van der Waals surface area contributed by atoms with Gasteiger partial charge in [0.05, 0.1) is 33.8 Å². The lowest BCUT2D eigenvalue weighted by atomic mass is 10.0. The fourth-order valence-corrected chi connectivity index (χ4v) is 8.41. The Labute approximate surface area is 413 Å². The molecule has 0 saturated heterocycles. The lowest BCUT2D eigenvalue weighted by Crippen LogP contribution is -2.47. The van der Waals surface area contributed by atoms with Crippen LogP contribution in [0, 0.1) is 0 Å². The van der Waals surface area contributed by atoms with Crippen molar-refractivity contribution < 1.29 is 37.3 Å². The van der Waals surface area contributed by atoms with Crippen LogP contribution in [-0.2, 0) is 27.9 Å². The molecule has 1 amide bonds. The standard InChI is InChI=1S/C57H105N2O7P/c1-7-10-13-16-19-22-25-28-29-30-32-34-37-40-43-46-49-56(60)58-54(53-65-67(62,63)64-52-51-59(4,5)6)55(48-45-42-39-36-33-27-24-21-18-15-12-9-3)66-57(61)50-47-44-41-38-35-31-26-23-20-17-14-11-8-2/h10,13,19,22,28-29,32,34,45,48,54-55H,7-9,11-12,14-18,20-21,23-27,30-31,33,35-44,46-47,49-53H2,1-6H3,(H-,58,60,62,63)/b13-10+,22-19+,29-28+,34-32+,48-45+. The molecule has 0 aromatic heterocycles. The van der Waals surface area contributed by atoms with Crippen LogP contribution in [0.15, 0.2) is 60.8 Å². The van der Waals surface area contributed by atoms with Gasteiger partial charge in [0.15, 0.2) is 0 Å². The number of amides is 1. The minimum absolute atomic E-state index is 0.0293.